The van der Waals surface area contributed by atoms with Crippen molar-refractivity contribution in [2.24, 2.45) is 5.73 Å². The number of nitriles is 1. The fourth-order valence-corrected chi connectivity index (χ4v) is 3.54. The van der Waals surface area contributed by atoms with Crippen molar-refractivity contribution in [3.05, 3.63) is 42.4 Å². The largest absolute Gasteiger partial charge is 0.328 e. The van der Waals surface area contributed by atoms with Crippen LogP contribution in [-0.4, -0.2) is 25.6 Å². The summed E-state index contributed by atoms with van der Waals surface area (Å²) in [7, 11) is 0. The average molecular weight is 318 g/mol. The smallest absolute Gasteiger partial charge is 0.160 e. The first-order valence-corrected chi connectivity index (χ1v) is 8.21. The maximum absolute atomic E-state index is 9.10. The summed E-state index contributed by atoms with van der Waals surface area (Å²) in [5.74, 6) is 0.821. The third-order valence-electron chi connectivity index (χ3n) is 4.64. The molecule has 2 atom stereocenters. The number of pyridine rings is 2. The summed E-state index contributed by atoms with van der Waals surface area (Å²) >= 11 is 0. The number of nitrogens with two attached hydrogens (primary N) is 1. The number of aromatic nitrogens is 4. The number of imidazole rings is 1. The zero-order chi connectivity index (χ0) is 16.5. The first-order chi connectivity index (χ1) is 11.8. The number of rotatable bonds is 2. The molecule has 3 heterocycles. The van der Waals surface area contributed by atoms with Crippen molar-refractivity contribution in [2.45, 2.75) is 37.8 Å². The van der Waals surface area contributed by atoms with E-state index in [-0.39, 0.29) is 12.1 Å². The van der Waals surface area contributed by atoms with Gasteiger partial charge in [0.25, 0.3) is 0 Å². The second kappa shape index (κ2) is 6.02. The van der Waals surface area contributed by atoms with Crippen LogP contribution in [0.5, 0.6) is 0 Å². The maximum atomic E-state index is 9.10. The van der Waals surface area contributed by atoms with E-state index in [1.807, 2.05) is 18.2 Å². The quantitative estimate of drug-likeness (QED) is 0.784. The molecule has 3 aromatic heterocycles. The molecule has 6 nitrogen and oxygen atoms in total. The van der Waals surface area contributed by atoms with E-state index in [2.05, 4.69) is 20.6 Å². The number of hydrogen-bond acceptors (Lipinski definition) is 5. The third-order valence-corrected chi connectivity index (χ3v) is 4.64. The molecule has 1 aliphatic rings. The first-order valence-electron chi connectivity index (χ1n) is 8.21. The van der Waals surface area contributed by atoms with Crippen molar-refractivity contribution in [3.8, 4) is 17.6 Å². The van der Waals surface area contributed by atoms with Gasteiger partial charge in [-0.15, -0.1) is 0 Å². The molecule has 2 unspecified atom stereocenters. The van der Waals surface area contributed by atoms with Crippen LogP contribution in [0.15, 0.2) is 36.7 Å². The van der Waals surface area contributed by atoms with Crippen LogP contribution >= 0.6 is 0 Å². The van der Waals surface area contributed by atoms with Crippen molar-refractivity contribution in [3.63, 3.8) is 0 Å². The number of fused-ring (bicyclic) bond motifs is 1. The molecular formula is C18H18N6. The molecule has 4 rings (SSSR count). The van der Waals surface area contributed by atoms with E-state index >= 15 is 0 Å². The van der Waals surface area contributed by atoms with E-state index in [1.54, 1.807) is 18.5 Å². The Labute approximate surface area is 140 Å². The van der Waals surface area contributed by atoms with E-state index in [4.69, 9.17) is 16.0 Å². The molecule has 0 bridgehead atoms. The minimum absolute atomic E-state index is 0.212. The zero-order valence-corrected chi connectivity index (χ0v) is 13.3. The van der Waals surface area contributed by atoms with Crippen molar-refractivity contribution >= 4 is 11.0 Å². The standard InChI is InChI=1S/C18H18N6/c19-10-13-9-16-17(11-22-13)24(14-5-3-4-12(20)8-14)18(23-16)15-6-1-2-7-21-15/h1-2,6-7,9,11-12,14H,3-5,8,20H2. The lowest BCUT2D eigenvalue weighted by molar-refractivity contribution is 0.327. The molecule has 1 fully saturated rings. The highest BCUT2D eigenvalue weighted by Crippen LogP contribution is 2.34. The van der Waals surface area contributed by atoms with Crippen molar-refractivity contribution in [1.82, 2.24) is 19.5 Å². The summed E-state index contributed by atoms with van der Waals surface area (Å²) in [6, 6.07) is 10.1. The van der Waals surface area contributed by atoms with E-state index < -0.39 is 0 Å². The molecule has 120 valence electrons. The predicted molar refractivity (Wildman–Crippen MR) is 91.0 cm³/mol. The monoisotopic (exact) mass is 318 g/mol. The Morgan fingerprint density at radius 2 is 2.17 bits per heavy atom. The highest BCUT2D eigenvalue weighted by Gasteiger charge is 2.26. The minimum Gasteiger partial charge on any atom is -0.328 e. The van der Waals surface area contributed by atoms with Crippen LogP contribution in [0.4, 0.5) is 0 Å². The van der Waals surface area contributed by atoms with Crippen LogP contribution in [-0.2, 0) is 0 Å². The molecular weight excluding hydrogens is 300 g/mol. The predicted octanol–water partition coefficient (Wildman–Crippen LogP) is 2.81. The summed E-state index contributed by atoms with van der Waals surface area (Å²) in [5, 5.41) is 9.10. The highest BCUT2D eigenvalue weighted by molar-refractivity contribution is 5.80. The van der Waals surface area contributed by atoms with Crippen LogP contribution in [0, 0.1) is 11.3 Å². The number of nitrogens with zero attached hydrogens (tertiary/aromatic N) is 5. The van der Waals surface area contributed by atoms with Gasteiger partial charge in [0.1, 0.15) is 17.5 Å². The van der Waals surface area contributed by atoms with Crippen molar-refractivity contribution < 1.29 is 0 Å². The van der Waals surface area contributed by atoms with E-state index in [9.17, 15) is 0 Å². The van der Waals surface area contributed by atoms with Crippen LogP contribution in [0.2, 0.25) is 0 Å². The van der Waals surface area contributed by atoms with Gasteiger partial charge in [0, 0.05) is 24.3 Å². The average Bonchev–Trinajstić information content (AvgIpc) is 3.01. The lowest BCUT2D eigenvalue weighted by Crippen LogP contribution is -2.29. The van der Waals surface area contributed by atoms with Crippen molar-refractivity contribution in [2.75, 3.05) is 0 Å². The lowest BCUT2D eigenvalue weighted by Gasteiger charge is -2.29. The van der Waals surface area contributed by atoms with Gasteiger partial charge in [-0.3, -0.25) is 4.98 Å². The fourth-order valence-electron chi connectivity index (χ4n) is 3.54. The molecule has 0 amide bonds. The van der Waals surface area contributed by atoms with Crippen LogP contribution in [0.25, 0.3) is 22.6 Å². The molecule has 0 aliphatic heterocycles. The molecule has 2 N–H and O–H groups in total. The Balaban J connectivity index is 1.92. The van der Waals surface area contributed by atoms with Crippen LogP contribution < -0.4 is 5.73 Å². The molecule has 1 aliphatic carbocycles. The van der Waals surface area contributed by atoms with Gasteiger partial charge >= 0.3 is 0 Å². The maximum Gasteiger partial charge on any atom is 0.160 e. The Bertz CT molecular complexity index is 908. The third kappa shape index (κ3) is 2.53. The molecule has 1 saturated carbocycles. The van der Waals surface area contributed by atoms with Crippen LogP contribution in [0.3, 0.4) is 0 Å². The lowest BCUT2D eigenvalue weighted by atomic mass is 9.91. The Kier molecular flexibility index (Phi) is 3.71. The summed E-state index contributed by atoms with van der Waals surface area (Å²) in [6.07, 6.45) is 7.68. The highest BCUT2D eigenvalue weighted by atomic mass is 15.1. The Morgan fingerprint density at radius 3 is 2.92 bits per heavy atom. The zero-order valence-electron chi connectivity index (χ0n) is 13.3. The molecule has 3 aromatic rings. The topological polar surface area (TPSA) is 93.4 Å². The fraction of sp³-hybridized carbons (Fsp3) is 0.333. The molecule has 0 spiro atoms. The molecule has 0 radical (unpaired) electrons. The van der Waals surface area contributed by atoms with Gasteiger partial charge in [-0.2, -0.15) is 5.26 Å². The van der Waals surface area contributed by atoms with Gasteiger partial charge in [0.2, 0.25) is 0 Å². The van der Waals surface area contributed by atoms with Gasteiger partial charge in [-0.05, 0) is 37.8 Å². The molecule has 0 aromatic carbocycles. The van der Waals surface area contributed by atoms with Gasteiger partial charge in [0.15, 0.2) is 5.82 Å². The summed E-state index contributed by atoms with van der Waals surface area (Å²) in [6.45, 7) is 0. The molecule has 6 heteroatoms. The SMILES string of the molecule is N#Cc1cc2nc(-c3ccccn3)n(C3CCCC(N)C3)c2cn1. The second-order valence-corrected chi connectivity index (χ2v) is 6.27. The van der Waals surface area contributed by atoms with E-state index in [0.29, 0.717) is 5.69 Å². The molecule has 0 saturated heterocycles. The molecule has 24 heavy (non-hydrogen) atoms. The summed E-state index contributed by atoms with van der Waals surface area (Å²) in [5.41, 5.74) is 9.12. The normalized spacial score (nSPS) is 20.8. The van der Waals surface area contributed by atoms with Crippen LogP contribution in [0.1, 0.15) is 37.4 Å². The van der Waals surface area contributed by atoms with Crippen molar-refractivity contribution in [1.29, 1.82) is 5.26 Å². The van der Waals surface area contributed by atoms with Gasteiger partial charge < -0.3 is 10.3 Å². The Morgan fingerprint density at radius 1 is 1.25 bits per heavy atom. The Hall–Kier alpha value is -2.78. The second-order valence-electron chi connectivity index (χ2n) is 6.27. The van der Waals surface area contributed by atoms with Gasteiger partial charge in [-0.1, -0.05) is 6.07 Å². The van der Waals surface area contributed by atoms with E-state index in [0.717, 1.165) is 48.2 Å². The van der Waals surface area contributed by atoms with Gasteiger partial charge in [0.05, 0.1) is 17.2 Å². The minimum atomic E-state index is 0.212. The van der Waals surface area contributed by atoms with Gasteiger partial charge in [-0.25, -0.2) is 9.97 Å². The van der Waals surface area contributed by atoms with E-state index in [1.165, 1.54) is 0 Å². The summed E-state index contributed by atoms with van der Waals surface area (Å²) in [4.78, 5) is 13.5. The summed E-state index contributed by atoms with van der Waals surface area (Å²) < 4.78 is 2.21. The number of hydrogen-bond donors (Lipinski definition) is 1. The first kappa shape index (κ1) is 14.8.